The minimum Gasteiger partial charge on any atom is -0.254 e. The molecule has 0 radical (unpaired) electrons. The maximum atomic E-state index is 6.75. The number of halogens is 1. The first-order valence-electron chi connectivity index (χ1n) is 14.0. The monoisotopic (exact) mass is 557 g/mol. The van der Waals surface area contributed by atoms with Gasteiger partial charge in [0, 0.05) is 27.7 Å². The van der Waals surface area contributed by atoms with E-state index in [1.165, 1.54) is 0 Å². The summed E-state index contributed by atoms with van der Waals surface area (Å²) in [4.78, 5) is 15.8. The molecule has 7 aromatic rings. The van der Waals surface area contributed by atoms with Gasteiger partial charge in [-0.1, -0.05) is 133 Å². The average molecular weight is 558 g/mol. The third kappa shape index (κ3) is 3.64. The molecule has 2 aromatic heterocycles. The molecule has 1 aliphatic carbocycles. The maximum Gasteiger partial charge on any atom is 0.149 e. The van der Waals surface area contributed by atoms with Crippen LogP contribution in [0.5, 0.6) is 0 Å². The van der Waals surface area contributed by atoms with Crippen LogP contribution in [-0.2, 0) is 5.41 Å². The number of nitrogens with zero attached hydrogens (tertiary/aromatic N) is 3. The van der Waals surface area contributed by atoms with Gasteiger partial charge in [0.2, 0.25) is 0 Å². The first kappa shape index (κ1) is 24.7. The third-order valence-electron chi connectivity index (χ3n) is 8.26. The second kappa shape index (κ2) is 9.76. The largest absolute Gasteiger partial charge is 0.254 e. The van der Waals surface area contributed by atoms with Crippen LogP contribution in [0.1, 0.15) is 22.5 Å². The number of hydrogen-bond acceptors (Lipinski definition) is 3. The Balaban J connectivity index is 1.57. The summed E-state index contributed by atoms with van der Waals surface area (Å²) in [6.45, 7) is 0. The fraction of sp³-hybridized carbons (Fsp3) is 0.0263. The normalized spacial score (nSPS) is 15.4. The summed E-state index contributed by atoms with van der Waals surface area (Å²) in [7, 11) is 0. The van der Waals surface area contributed by atoms with Gasteiger partial charge in [-0.25, -0.2) is 9.97 Å². The Morgan fingerprint density at radius 3 is 1.88 bits per heavy atom. The van der Waals surface area contributed by atoms with Gasteiger partial charge in [-0.05, 0) is 46.0 Å². The Hall–Kier alpha value is -5.12. The molecular formula is C38H24ClN3. The van der Waals surface area contributed by atoms with E-state index < -0.39 is 5.41 Å². The molecule has 2 heterocycles. The van der Waals surface area contributed by atoms with Crippen molar-refractivity contribution in [3.8, 4) is 33.6 Å². The molecule has 4 heteroatoms. The van der Waals surface area contributed by atoms with E-state index in [2.05, 4.69) is 97.1 Å². The van der Waals surface area contributed by atoms with Crippen molar-refractivity contribution in [3.05, 3.63) is 173 Å². The van der Waals surface area contributed by atoms with Gasteiger partial charge < -0.3 is 0 Å². The summed E-state index contributed by atoms with van der Waals surface area (Å²) in [6.07, 6.45) is 1.85. The second-order valence-electron chi connectivity index (χ2n) is 10.5. The molecule has 1 unspecified atom stereocenters. The molecule has 0 bridgehead atoms. The highest BCUT2D eigenvalue weighted by molar-refractivity contribution is 6.30. The molecule has 1 atom stereocenters. The standard InChI is InChI=1S/C38H24ClN3/c39-28-20-21-30-29-18-10-11-19-32(29)38(33(30)24-28,27-16-8-3-9-17-27)37-41-34(25-12-4-1-5-13-25)31-22-23-40-35(36(31)42-37)26-14-6-2-7-15-26/h1-24H. The van der Waals surface area contributed by atoms with Crippen molar-refractivity contribution < 1.29 is 0 Å². The highest BCUT2D eigenvalue weighted by atomic mass is 35.5. The molecule has 0 N–H and O–H groups in total. The molecule has 0 fully saturated rings. The lowest BCUT2D eigenvalue weighted by molar-refractivity contribution is 0.704. The number of fused-ring (bicyclic) bond motifs is 4. The minimum atomic E-state index is -0.792. The van der Waals surface area contributed by atoms with Gasteiger partial charge in [-0.15, -0.1) is 0 Å². The van der Waals surface area contributed by atoms with Gasteiger partial charge in [-0.2, -0.15) is 0 Å². The Morgan fingerprint density at radius 2 is 1.14 bits per heavy atom. The Labute approximate surface area is 249 Å². The van der Waals surface area contributed by atoms with E-state index in [9.17, 15) is 0 Å². The van der Waals surface area contributed by atoms with Crippen molar-refractivity contribution in [1.82, 2.24) is 15.0 Å². The number of rotatable bonds is 4. The third-order valence-corrected chi connectivity index (χ3v) is 8.49. The summed E-state index contributed by atoms with van der Waals surface area (Å²) in [6, 6.07) is 47.9. The first-order valence-corrected chi connectivity index (χ1v) is 14.4. The van der Waals surface area contributed by atoms with Crippen LogP contribution < -0.4 is 0 Å². The summed E-state index contributed by atoms with van der Waals surface area (Å²) in [5, 5.41) is 1.64. The van der Waals surface area contributed by atoms with Gasteiger partial charge in [0.25, 0.3) is 0 Å². The van der Waals surface area contributed by atoms with Gasteiger partial charge in [0.05, 0.1) is 11.4 Å². The number of aromatic nitrogens is 3. The lowest BCUT2D eigenvalue weighted by Crippen LogP contribution is -2.31. The van der Waals surface area contributed by atoms with Crippen LogP contribution in [0, 0.1) is 0 Å². The van der Waals surface area contributed by atoms with Crippen LogP contribution in [0.2, 0.25) is 5.02 Å². The van der Waals surface area contributed by atoms with E-state index in [-0.39, 0.29) is 0 Å². The lowest BCUT2D eigenvalue weighted by Gasteiger charge is -2.32. The molecule has 8 rings (SSSR count). The molecule has 0 saturated heterocycles. The highest BCUT2D eigenvalue weighted by Crippen LogP contribution is 2.56. The Morgan fingerprint density at radius 1 is 0.524 bits per heavy atom. The van der Waals surface area contributed by atoms with E-state index in [0.29, 0.717) is 10.8 Å². The average Bonchev–Trinajstić information content (AvgIpc) is 3.35. The molecule has 198 valence electrons. The van der Waals surface area contributed by atoms with Crippen molar-refractivity contribution in [2.24, 2.45) is 0 Å². The van der Waals surface area contributed by atoms with Crippen LogP contribution in [0.3, 0.4) is 0 Å². The minimum absolute atomic E-state index is 0.678. The lowest BCUT2D eigenvalue weighted by atomic mass is 9.71. The van der Waals surface area contributed by atoms with Crippen molar-refractivity contribution in [3.63, 3.8) is 0 Å². The van der Waals surface area contributed by atoms with Crippen molar-refractivity contribution in [2.45, 2.75) is 5.41 Å². The molecular weight excluding hydrogens is 534 g/mol. The molecule has 0 aliphatic heterocycles. The summed E-state index contributed by atoms with van der Waals surface area (Å²) < 4.78 is 0. The topological polar surface area (TPSA) is 38.7 Å². The quantitative estimate of drug-likeness (QED) is 0.216. The fourth-order valence-corrected chi connectivity index (χ4v) is 6.64. The van der Waals surface area contributed by atoms with E-state index in [0.717, 1.165) is 61.2 Å². The summed E-state index contributed by atoms with van der Waals surface area (Å²) in [5.41, 5.74) is 9.35. The molecule has 1 aliphatic rings. The summed E-state index contributed by atoms with van der Waals surface area (Å²) >= 11 is 6.75. The maximum absolute atomic E-state index is 6.75. The predicted octanol–water partition coefficient (Wildman–Crippen LogP) is 9.38. The van der Waals surface area contributed by atoms with Crippen LogP contribution in [-0.4, -0.2) is 15.0 Å². The molecule has 3 nitrogen and oxygen atoms in total. The number of benzene rings is 5. The SMILES string of the molecule is Clc1ccc2c(c1)C(c1ccccc1)(c1nc(-c3ccccc3)c3ccnc(-c4ccccc4)c3n1)c1ccccc1-2. The fourth-order valence-electron chi connectivity index (χ4n) is 6.47. The second-order valence-corrected chi connectivity index (χ2v) is 11.0. The van der Waals surface area contributed by atoms with Crippen LogP contribution in [0.25, 0.3) is 44.5 Å². The summed E-state index contributed by atoms with van der Waals surface area (Å²) in [5.74, 6) is 0.693. The number of hydrogen-bond donors (Lipinski definition) is 0. The zero-order valence-corrected chi connectivity index (χ0v) is 23.3. The van der Waals surface area contributed by atoms with Gasteiger partial charge in [0.1, 0.15) is 16.8 Å². The van der Waals surface area contributed by atoms with Crippen LogP contribution >= 0.6 is 11.6 Å². The van der Waals surface area contributed by atoms with E-state index in [1.54, 1.807) is 0 Å². The smallest absolute Gasteiger partial charge is 0.149 e. The first-order chi connectivity index (χ1) is 20.7. The predicted molar refractivity (Wildman–Crippen MR) is 171 cm³/mol. The Kier molecular flexibility index (Phi) is 5.73. The van der Waals surface area contributed by atoms with Crippen molar-refractivity contribution in [2.75, 3.05) is 0 Å². The molecule has 0 amide bonds. The highest BCUT2D eigenvalue weighted by Gasteiger charge is 2.49. The molecule has 5 aromatic carbocycles. The molecule has 42 heavy (non-hydrogen) atoms. The molecule has 0 saturated carbocycles. The van der Waals surface area contributed by atoms with E-state index in [4.69, 9.17) is 26.6 Å². The van der Waals surface area contributed by atoms with Crippen molar-refractivity contribution >= 4 is 22.5 Å². The van der Waals surface area contributed by atoms with Crippen molar-refractivity contribution in [1.29, 1.82) is 0 Å². The molecule has 0 spiro atoms. The number of pyridine rings is 1. The zero-order valence-electron chi connectivity index (χ0n) is 22.6. The van der Waals surface area contributed by atoms with Gasteiger partial charge in [-0.3, -0.25) is 4.98 Å². The van der Waals surface area contributed by atoms with E-state index >= 15 is 0 Å². The van der Waals surface area contributed by atoms with Crippen LogP contribution in [0.4, 0.5) is 0 Å². The van der Waals surface area contributed by atoms with Gasteiger partial charge in [0.15, 0.2) is 0 Å². The van der Waals surface area contributed by atoms with Crippen LogP contribution in [0.15, 0.2) is 146 Å². The Bertz CT molecular complexity index is 2090. The zero-order chi connectivity index (χ0) is 28.1. The van der Waals surface area contributed by atoms with E-state index in [1.807, 2.05) is 48.7 Å². The van der Waals surface area contributed by atoms with Gasteiger partial charge >= 0.3 is 0 Å².